The number of H-pyrrole nitrogens is 1. The first-order valence-corrected chi connectivity index (χ1v) is 8.65. The number of rotatable bonds is 4. The van der Waals surface area contributed by atoms with Crippen molar-refractivity contribution in [1.82, 2.24) is 4.98 Å². The zero-order chi connectivity index (χ0) is 18.6. The number of benzene rings is 3. The van der Waals surface area contributed by atoms with E-state index >= 15 is 0 Å². The predicted molar refractivity (Wildman–Crippen MR) is 107 cm³/mol. The molecule has 1 aromatic heterocycles. The Balaban J connectivity index is 1.71. The Labute approximate surface area is 156 Å². The summed E-state index contributed by atoms with van der Waals surface area (Å²) in [5.41, 5.74) is 7.74. The first-order valence-electron chi connectivity index (χ1n) is 8.65. The Morgan fingerprint density at radius 2 is 1.30 bits per heavy atom. The maximum Gasteiger partial charge on any atom is 0.276 e. The molecule has 3 N–H and O–H groups in total. The number of aromatic nitrogens is 1. The predicted octanol–water partition coefficient (Wildman–Crippen LogP) is 5.19. The highest BCUT2D eigenvalue weighted by molar-refractivity contribution is 5.99. The normalized spacial score (nSPS) is 11.4. The molecule has 0 aliphatic carbocycles. The van der Waals surface area contributed by atoms with Gasteiger partial charge >= 0.3 is 0 Å². The molecular weight excluding hydrogens is 336 g/mol. The molecule has 0 spiro atoms. The number of hydrogen-bond donors (Lipinski definition) is 2. The van der Waals surface area contributed by atoms with Crippen LogP contribution in [0.2, 0.25) is 0 Å². The van der Waals surface area contributed by atoms with Gasteiger partial charge in [0.1, 0.15) is 5.82 Å². The van der Waals surface area contributed by atoms with Gasteiger partial charge in [-0.15, -0.1) is 10.2 Å². The molecule has 4 aromatic rings. The average molecular weight is 354 g/mol. The highest BCUT2D eigenvalue weighted by Crippen LogP contribution is 2.31. The number of carbonyl (C=O) groups excluding carboxylic acids is 1. The summed E-state index contributed by atoms with van der Waals surface area (Å²) in [6.07, 6.45) is 0. The lowest BCUT2D eigenvalue weighted by Crippen LogP contribution is -2.11. The van der Waals surface area contributed by atoms with E-state index in [1.54, 1.807) is 0 Å². The van der Waals surface area contributed by atoms with Gasteiger partial charge in [-0.1, -0.05) is 84.9 Å². The highest BCUT2D eigenvalue weighted by Gasteiger charge is 2.22. The SMILES string of the molecule is Nc1[nH]c(N=NC(=O)C(c2ccccc2)c2ccccc2)c2ccccc12. The van der Waals surface area contributed by atoms with E-state index in [-0.39, 0.29) is 5.91 Å². The molecule has 0 unspecified atom stereocenters. The van der Waals surface area contributed by atoms with Crippen molar-refractivity contribution in [3.63, 3.8) is 0 Å². The number of anilines is 1. The third-order valence-corrected chi connectivity index (χ3v) is 4.49. The van der Waals surface area contributed by atoms with E-state index in [4.69, 9.17) is 5.73 Å². The van der Waals surface area contributed by atoms with Crippen LogP contribution >= 0.6 is 0 Å². The highest BCUT2D eigenvalue weighted by atomic mass is 16.1. The molecule has 0 fully saturated rings. The molecule has 27 heavy (non-hydrogen) atoms. The first kappa shape index (κ1) is 16.7. The van der Waals surface area contributed by atoms with Gasteiger partial charge in [-0.3, -0.25) is 4.79 Å². The van der Waals surface area contributed by atoms with Crippen molar-refractivity contribution in [2.24, 2.45) is 10.2 Å². The second kappa shape index (κ2) is 7.25. The Morgan fingerprint density at radius 1 is 0.778 bits per heavy atom. The van der Waals surface area contributed by atoms with E-state index in [1.807, 2.05) is 84.9 Å². The van der Waals surface area contributed by atoms with Crippen molar-refractivity contribution in [1.29, 1.82) is 0 Å². The second-order valence-corrected chi connectivity index (χ2v) is 6.23. The minimum absolute atomic E-state index is 0.329. The maximum atomic E-state index is 13.0. The summed E-state index contributed by atoms with van der Waals surface area (Å²) >= 11 is 0. The smallest absolute Gasteiger partial charge is 0.276 e. The fourth-order valence-corrected chi connectivity index (χ4v) is 3.19. The van der Waals surface area contributed by atoms with Crippen LogP contribution in [-0.4, -0.2) is 10.9 Å². The Morgan fingerprint density at radius 3 is 1.89 bits per heavy atom. The Hall–Kier alpha value is -3.73. The van der Waals surface area contributed by atoms with Crippen molar-refractivity contribution in [2.45, 2.75) is 5.92 Å². The first-order chi connectivity index (χ1) is 13.2. The number of nitrogens with one attached hydrogen (secondary N) is 1. The molecule has 5 heteroatoms. The van der Waals surface area contributed by atoms with Crippen LogP contribution in [0.5, 0.6) is 0 Å². The minimum Gasteiger partial charge on any atom is -0.385 e. The summed E-state index contributed by atoms with van der Waals surface area (Å²) in [6.45, 7) is 0. The topological polar surface area (TPSA) is 83.6 Å². The van der Waals surface area contributed by atoms with Crippen LogP contribution in [0.15, 0.2) is 95.2 Å². The Bertz CT molecular complexity index is 1060. The third-order valence-electron chi connectivity index (χ3n) is 4.49. The van der Waals surface area contributed by atoms with Crippen LogP contribution < -0.4 is 5.73 Å². The van der Waals surface area contributed by atoms with Gasteiger partial charge in [0.25, 0.3) is 5.91 Å². The van der Waals surface area contributed by atoms with Crippen LogP contribution in [0, 0.1) is 0 Å². The molecule has 0 aliphatic heterocycles. The molecule has 5 nitrogen and oxygen atoms in total. The lowest BCUT2D eigenvalue weighted by Gasteiger charge is -2.13. The van der Waals surface area contributed by atoms with Crippen molar-refractivity contribution >= 4 is 28.3 Å². The van der Waals surface area contributed by atoms with E-state index in [1.165, 1.54) is 0 Å². The average Bonchev–Trinajstić information content (AvgIpc) is 3.04. The van der Waals surface area contributed by atoms with E-state index in [9.17, 15) is 4.79 Å². The van der Waals surface area contributed by atoms with Crippen molar-refractivity contribution < 1.29 is 4.79 Å². The Kier molecular flexibility index (Phi) is 4.49. The van der Waals surface area contributed by atoms with Gasteiger partial charge in [0, 0.05) is 10.8 Å². The van der Waals surface area contributed by atoms with Gasteiger partial charge < -0.3 is 10.7 Å². The zero-order valence-corrected chi connectivity index (χ0v) is 14.5. The number of fused-ring (bicyclic) bond motifs is 1. The molecular formula is C22H18N4O. The van der Waals surface area contributed by atoms with Crippen molar-refractivity contribution in [2.75, 3.05) is 5.73 Å². The van der Waals surface area contributed by atoms with Gasteiger partial charge in [0.05, 0.1) is 5.92 Å². The van der Waals surface area contributed by atoms with Crippen molar-refractivity contribution in [3.05, 3.63) is 96.1 Å². The fourth-order valence-electron chi connectivity index (χ4n) is 3.19. The summed E-state index contributed by atoms with van der Waals surface area (Å²) in [7, 11) is 0. The summed E-state index contributed by atoms with van der Waals surface area (Å²) in [5, 5.41) is 9.88. The number of nitrogen functional groups attached to an aromatic ring is 1. The van der Waals surface area contributed by atoms with E-state index in [0.29, 0.717) is 11.6 Å². The van der Waals surface area contributed by atoms with Gasteiger partial charge in [0.2, 0.25) is 0 Å². The molecule has 0 aliphatic rings. The second-order valence-electron chi connectivity index (χ2n) is 6.23. The molecule has 1 amide bonds. The molecule has 0 atom stereocenters. The molecule has 0 radical (unpaired) electrons. The largest absolute Gasteiger partial charge is 0.385 e. The summed E-state index contributed by atoms with van der Waals surface area (Å²) in [6, 6.07) is 26.8. The number of nitrogens with zero attached hydrogens (tertiary/aromatic N) is 2. The molecule has 4 rings (SSSR count). The van der Waals surface area contributed by atoms with Gasteiger partial charge in [-0.05, 0) is 11.1 Å². The van der Waals surface area contributed by atoms with Crippen LogP contribution in [0.1, 0.15) is 17.0 Å². The lowest BCUT2D eigenvalue weighted by atomic mass is 9.91. The number of amides is 1. The van der Waals surface area contributed by atoms with Gasteiger partial charge in [-0.25, -0.2) is 0 Å². The minimum atomic E-state index is -0.505. The summed E-state index contributed by atoms with van der Waals surface area (Å²) in [4.78, 5) is 15.9. The summed E-state index contributed by atoms with van der Waals surface area (Å²) in [5.74, 6) is 0.158. The van der Waals surface area contributed by atoms with E-state index < -0.39 is 5.92 Å². The number of hydrogen-bond acceptors (Lipinski definition) is 3. The van der Waals surface area contributed by atoms with E-state index in [0.717, 1.165) is 21.9 Å². The number of azo groups is 1. The van der Waals surface area contributed by atoms with Gasteiger partial charge in [-0.2, -0.15) is 0 Å². The van der Waals surface area contributed by atoms with Crippen LogP contribution in [0.25, 0.3) is 10.8 Å². The molecule has 1 heterocycles. The molecule has 132 valence electrons. The number of carbonyl (C=O) groups is 1. The quantitative estimate of drug-likeness (QED) is 0.494. The maximum absolute atomic E-state index is 13.0. The lowest BCUT2D eigenvalue weighted by molar-refractivity contribution is -0.118. The standard InChI is InChI=1S/C22H18N4O/c23-20-17-13-7-8-14-18(17)21(24-20)25-26-22(27)19(15-9-3-1-4-10-15)16-11-5-2-6-12-16/h1-14,19,24H,23H2. The fraction of sp³-hybridized carbons (Fsp3) is 0.0455. The molecule has 0 saturated carbocycles. The number of aromatic amines is 1. The van der Waals surface area contributed by atoms with Crippen LogP contribution in [0.3, 0.4) is 0 Å². The van der Waals surface area contributed by atoms with Crippen molar-refractivity contribution in [3.8, 4) is 0 Å². The molecule has 3 aromatic carbocycles. The van der Waals surface area contributed by atoms with Gasteiger partial charge in [0.15, 0.2) is 5.82 Å². The zero-order valence-electron chi connectivity index (χ0n) is 14.5. The van der Waals surface area contributed by atoms with Crippen LogP contribution in [-0.2, 0) is 4.79 Å². The molecule has 0 saturated heterocycles. The molecule has 0 bridgehead atoms. The number of nitrogens with two attached hydrogens (primary N) is 1. The third kappa shape index (κ3) is 3.35. The summed E-state index contributed by atoms with van der Waals surface area (Å²) < 4.78 is 0. The van der Waals surface area contributed by atoms with E-state index in [2.05, 4.69) is 15.2 Å². The van der Waals surface area contributed by atoms with Crippen LogP contribution in [0.4, 0.5) is 11.6 Å². The monoisotopic (exact) mass is 354 g/mol.